The number of amides is 1. The van der Waals surface area contributed by atoms with Crippen LogP contribution in [0.1, 0.15) is 24.5 Å². The minimum Gasteiger partial charge on any atom is -0.508 e. The number of halogens is 2. The number of ketones is 2. The summed E-state index contributed by atoms with van der Waals surface area (Å²) in [7, 11) is 2.97. The van der Waals surface area contributed by atoms with E-state index in [1.165, 1.54) is 38.1 Å². The first kappa shape index (κ1) is 26.0. The summed E-state index contributed by atoms with van der Waals surface area (Å²) >= 11 is 6.28. The number of aliphatic hydroxyl groups is 4. The van der Waals surface area contributed by atoms with Gasteiger partial charge in [-0.25, -0.2) is 0 Å². The van der Waals surface area contributed by atoms with Crippen LogP contribution in [0.15, 0.2) is 29.0 Å². The average molecular weight is 515 g/mol. The fraction of sp³-hybridized carbons (Fsp3) is 0.409. The molecule has 1 aromatic rings. The number of carbonyl (C=O) groups excluding carboxylic acids is 3. The molecule has 10 nitrogen and oxygen atoms in total. The highest BCUT2D eigenvalue weighted by Crippen LogP contribution is 2.58. The second kappa shape index (κ2) is 7.96. The summed E-state index contributed by atoms with van der Waals surface area (Å²) in [6.07, 6.45) is -0.259. The van der Waals surface area contributed by atoms with Crippen LogP contribution < -0.4 is 5.73 Å². The first-order valence-corrected chi connectivity index (χ1v) is 10.5. The zero-order chi connectivity index (χ0) is 24.8. The van der Waals surface area contributed by atoms with Gasteiger partial charge in [0.05, 0.1) is 17.2 Å². The van der Waals surface area contributed by atoms with Crippen LogP contribution in [-0.2, 0) is 20.0 Å². The van der Waals surface area contributed by atoms with Gasteiger partial charge in [0.25, 0.3) is 5.91 Å². The summed E-state index contributed by atoms with van der Waals surface area (Å²) in [5, 5.41) is 55.2. The number of aliphatic hydroxyl groups excluding tert-OH is 2. The molecule has 5 atom stereocenters. The lowest BCUT2D eigenvalue weighted by Gasteiger charge is -2.53. The number of aromatic hydroxyl groups is 1. The molecule has 3 aliphatic carbocycles. The normalized spacial score (nSPS) is 32.7. The summed E-state index contributed by atoms with van der Waals surface area (Å²) < 4.78 is 0. The molecule has 0 aromatic heterocycles. The van der Waals surface area contributed by atoms with Crippen LogP contribution >= 0.6 is 24.0 Å². The van der Waals surface area contributed by atoms with Crippen molar-refractivity contribution in [1.82, 2.24) is 4.90 Å². The number of carbonyl (C=O) groups is 3. The maximum Gasteiger partial charge on any atom is 0.255 e. The van der Waals surface area contributed by atoms with Gasteiger partial charge < -0.3 is 31.3 Å². The van der Waals surface area contributed by atoms with Crippen molar-refractivity contribution in [3.8, 4) is 5.75 Å². The van der Waals surface area contributed by atoms with Gasteiger partial charge in [-0.2, -0.15) is 0 Å². The number of primary amides is 1. The number of hydrogen-bond acceptors (Lipinski definition) is 9. The lowest BCUT2D eigenvalue weighted by molar-refractivity contribution is -0.159. The number of nitrogens with two attached hydrogens (primary N) is 1. The molecular weight excluding hydrogens is 491 g/mol. The molecule has 7 N–H and O–H groups in total. The second-order valence-electron chi connectivity index (χ2n) is 9.08. The minimum absolute atomic E-state index is 0. The first-order chi connectivity index (χ1) is 15.2. The summed E-state index contributed by atoms with van der Waals surface area (Å²) in [6, 6.07) is 1.24. The van der Waals surface area contributed by atoms with Crippen molar-refractivity contribution in [3.63, 3.8) is 0 Å². The Morgan fingerprint density at radius 3 is 2.29 bits per heavy atom. The Kier molecular flexibility index (Phi) is 6.08. The lowest BCUT2D eigenvalue weighted by Crippen LogP contribution is -2.67. The standard InChI is InChI=1S/C22H23ClN2O8.ClH/c1-21(32)7-6-8-15(25(2)3)17(28)13(20(24)31)19(30)22(8,33)18(29)11(7)16(27)12-10(26)5-4-9(23)14(12)21;/h4-5,7-8,15,26-27,30,32-33H,6H2,1-3H3,(H2,24,31);1H/t7?,8?,15-,21+,22?;/m0./s1. The Morgan fingerprint density at radius 1 is 1.18 bits per heavy atom. The van der Waals surface area contributed by atoms with Crippen LogP contribution in [0.2, 0.25) is 5.02 Å². The molecule has 1 fully saturated rings. The maximum atomic E-state index is 13.7. The summed E-state index contributed by atoms with van der Waals surface area (Å²) in [4.78, 5) is 40.1. The molecule has 0 aliphatic heterocycles. The average Bonchev–Trinajstić information content (AvgIpc) is 2.69. The van der Waals surface area contributed by atoms with Crippen molar-refractivity contribution < 1.29 is 39.9 Å². The largest absolute Gasteiger partial charge is 0.508 e. The van der Waals surface area contributed by atoms with Crippen LogP contribution in [0.25, 0.3) is 5.76 Å². The molecule has 3 unspecified atom stereocenters. The zero-order valence-corrected chi connectivity index (χ0v) is 19.9. The Balaban J connectivity index is 0.00000324. The van der Waals surface area contributed by atoms with Gasteiger partial charge in [-0.1, -0.05) is 11.6 Å². The van der Waals surface area contributed by atoms with E-state index >= 15 is 0 Å². The van der Waals surface area contributed by atoms with E-state index in [9.17, 15) is 39.9 Å². The highest BCUT2D eigenvalue weighted by Gasteiger charge is 2.66. The molecule has 0 radical (unpaired) electrons. The molecule has 0 heterocycles. The van der Waals surface area contributed by atoms with E-state index in [-0.39, 0.29) is 35.0 Å². The van der Waals surface area contributed by atoms with Gasteiger partial charge in [0, 0.05) is 28.0 Å². The molecule has 1 aromatic carbocycles. The van der Waals surface area contributed by atoms with E-state index in [1.54, 1.807) is 0 Å². The van der Waals surface area contributed by atoms with E-state index in [0.717, 1.165) is 0 Å². The van der Waals surface area contributed by atoms with Gasteiger partial charge in [-0.15, -0.1) is 12.4 Å². The molecule has 0 spiro atoms. The van der Waals surface area contributed by atoms with Crippen molar-refractivity contribution in [3.05, 3.63) is 45.2 Å². The van der Waals surface area contributed by atoms with Crippen LogP contribution in [0.5, 0.6) is 5.75 Å². The van der Waals surface area contributed by atoms with Gasteiger partial charge in [0.2, 0.25) is 5.78 Å². The Bertz CT molecular complexity index is 1210. The van der Waals surface area contributed by atoms with Gasteiger partial charge in [-0.3, -0.25) is 19.3 Å². The Morgan fingerprint density at radius 2 is 1.76 bits per heavy atom. The van der Waals surface area contributed by atoms with E-state index in [0.29, 0.717) is 0 Å². The third kappa shape index (κ3) is 3.03. The molecular formula is C22H24Cl2N2O8. The summed E-state index contributed by atoms with van der Waals surface area (Å²) in [5.41, 5.74) is -1.10. The number of rotatable bonds is 2. The number of benzene rings is 1. The predicted molar refractivity (Wildman–Crippen MR) is 122 cm³/mol. The van der Waals surface area contributed by atoms with Gasteiger partial charge >= 0.3 is 0 Å². The minimum atomic E-state index is -2.78. The monoisotopic (exact) mass is 514 g/mol. The molecule has 12 heteroatoms. The zero-order valence-electron chi connectivity index (χ0n) is 18.4. The SMILES string of the molecule is CN(C)[C@@H]1C(=O)C(C(N)=O)=C(O)C2(O)C(=O)C3=C(O)c4c(O)ccc(Cl)c4[C@](C)(O)C3CC12.Cl. The Hall–Kier alpha value is -2.63. The molecule has 34 heavy (non-hydrogen) atoms. The quantitative estimate of drug-likeness (QED) is 0.309. The molecule has 1 saturated carbocycles. The smallest absolute Gasteiger partial charge is 0.255 e. The fourth-order valence-electron chi connectivity index (χ4n) is 5.58. The van der Waals surface area contributed by atoms with Crippen LogP contribution in [0.4, 0.5) is 0 Å². The number of fused-ring (bicyclic) bond motifs is 3. The molecule has 0 saturated heterocycles. The van der Waals surface area contributed by atoms with Crippen molar-refractivity contribution in [2.24, 2.45) is 17.6 Å². The first-order valence-electron chi connectivity index (χ1n) is 10.1. The van der Waals surface area contributed by atoms with Crippen molar-refractivity contribution in [2.45, 2.75) is 30.6 Å². The van der Waals surface area contributed by atoms with Crippen LogP contribution in [0.3, 0.4) is 0 Å². The molecule has 0 bridgehead atoms. The number of Topliss-reactive ketones (excluding diaryl/α,β-unsaturated/α-hetero) is 2. The fourth-order valence-corrected chi connectivity index (χ4v) is 5.93. The van der Waals surface area contributed by atoms with Gasteiger partial charge in [0.15, 0.2) is 11.4 Å². The van der Waals surface area contributed by atoms with E-state index < -0.39 is 75.0 Å². The number of likely N-dealkylation sites (N-methyl/N-ethyl adjacent to an activating group) is 1. The number of phenolic OH excluding ortho intramolecular Hbond substituents is 1. The van der Waals surface area contributed by atoms with E-state index in [2.05, 4.69) is 0 Å². The summed E-state index contributed by atoms with van der Waals surface area (Å²) in [6.45, 7) is 1.34. The number of phenols is 1. The molecule has 184 valence electrons. The number of nitrogens with zero attached hydrogens (tertiary/aromatic N) is 1. The molecule has 1 amide bonds. The maximum absolute atomic E-state index is 13.7. The highest BCUT2D eigenvalue weighted by atomic mass is 35.5. The van der Waals surface area contributed by atoms with Crippen molar-refractivity contribution in [1.29, 1.82) is 0 Å². The lowest BCUT2D eigenvalue weighted by atomic mass is 9.54. The van der Waals surface area contributed by atoms with E-state index in [1.807, 2.05) is 0 Å². The highest BCUT2D eigenvalue weighted by molar-refractivity contribution is 6.32. The van der Waals surface area contributed by atoms with Crippen molar-refractivity contribution in [2.75, 3.05) is 14.1 Å². The number of hydrogen-bond donors (Lipinski definition) is 6. The Labute approximate surface area is 205 Å². The third-order valence-corrected chi connectivity index (χ3v) is 7.39. The van der Waals surface area contributed by atoms with Crippen molar-refractivity contribution >= 4 is 47.2 Å². The van der Waals surface area contributed by atoms with Gasteiger partial charge in [0.1, 0.15) is 22.8 Å². The molecule has 3 aliphatic rings. The van der Waals surface area contributed by atoms with Gasteiger partial charge in [-0.05, 0) is 39.6 Å². The molecule has 4 rings (SSSR count). The topological polar surface area (TPSA) is 182 Å². The van der Waals surface area contributed by atoms with E-state index in [4.69, 9.17) is 17.3 Å². The summed E-state index contributed by atoms with van der Waals surface area (Å²) in [5.74, 6) is -8.30. The second-order valence-corrected chi connectivity index (χ2v) is 9.48. The predicted octanol–water partition coefficient (Wildman–Crippen LogP) is 0.704. The van der Waals surface area contributed by atoms with Crippen LogP contribution in [-0.4, -0.2) is 73.6 Å². The third-order valence-electron chi connectivity index (χ3n) is 7.07. The van der Waals surface area contributed by atoms with Crippen LogP contribution in [0, 0.1) is 11.8 Å².